The summed E-state index contributed by atoms with van der Waals surface area (Å²) in [4.78, 5) is 2.30. The number of hydrogen-bond acceptors (Lipinski definition) is 1. The zero-order chi connectivity index (χ0) is 8.59. The topological polar surface area (TPSA) is 3.24 Å². The van der Waals surface area contributed by atoms with Crippen LogP contribution in [0.2, 0.25) is 0 Å². The first-order chi connectivity index (χ1) is 5.04. The molecule has 0 radical (unpaired) electrons. The van der Waals surface area contributed by atoms with Gasteiger partial charge in [-0.25, -0.2) is 0 Å². The molecule has 0 N–H and O–H groups in total. The SMILES string of the molecule is C=C(C)N1C(C)=CC(C)C1C. The summed E-state index contributed by atoms with van der Waals surface area (Å²) in [6.07, 6.45) is 2.30. The van der Waals surface area contributed by atoms with E-state index >= 15 is 0 Å². The largest absolute Gasteiger partial charge is 0.347 e. The standard InChI is InChI=1S/C10H17N/c1-7(2)11-9(4)6-8(3)10(11)5/h6,8,10H,1H2,2-5H3. The molecule has 1 aliphatic rings. The molecule has 0 saturated carbocycles. The van der Waals surface area contributed by atoms with Crippen molar-refractivity contribution in [1.82, 2.24) is 4.90 Å². The lowest BCUT2D eigenvalue weighted by Gasteiger charge is -2.27. The predicted molar refractivity (Wildman–Crippen MR) is 49.0 cm³/mol. The normalized spacial score (nSPS) is 30.5. The molecule has 0 aliphatic carbocycles. The van der Waals surface area contributed by atoms with Crippen molar-refractivity contribution in [3.05, 3.63) is 24.0 Å². The lowest BCUT2D eigenvalue weighted by molar-refractivity contribution is 0.324. The lowest BCUT2D eigenvalue weighted by Crippen LogP contribution is -2.27. The third-order valence-corrected chi connectivity index (χ3v) is 2.46. The van der Waals surface area contributed by atoms with E-state index in [2.05, 4.69) is 45.2 Å². The quantitative estimate of drug-likeness (QED) is 0.557. The zero-order valence-corrected chi connectivity index (χ0v) is 7.89. The summed E-state index contributed by atoms with van der Waals surface area (Å²) in [6, 6.07) is 0.590. The van der Waals surface area contributed by atoms with E-state index in [0.29, 0.717) is 12.0 Å². The number of rotatable bonds is 1. The highest BCUT2D eigenvalue weighted by Crippen LogP contribution is 2.29. The third-order valence-electron chi connectivity index (χ3n) is 2.46. The van der Waals surface area contributed by atoms with Gasteiger partial charge in [0.25, 0.3) is 0 Å². The van der Waals surface area contributed by atoms with Crippen LogP contribution in [-0.4, -0.2) is 10.9 Å². The van der Waals surface area contributed by atoms with Crippen LogP contribution in [0.1, 0.15) is 27.7 Å². The maximum absolute atomic E-state index is 3.96. The minimum atomic E-state index is 0.590. The first-order valence-electron chi connectivity index (χ1n) is 4.17. The first-order valence-corrected chi connectivity index (χ1v) is 4.17. The van der Waals surface area contributed by atoms with Crippen molar-refractivity contribution in [1.29, 1.82) is 0 Å². The Morgan fingerprint density at radius 3 is 2.27 bits per heavy atom. The third kappa shape index (κ3) is 1.32. The molecule has 0 saturated heterocycles. The van der Waals surface area contributed by atoms with Crippen LogP contribution in [-0.2, 0) is 0 Å². The van der Waals surface area contributed by atoms with Crippen LogP contribution in [0.3, 0.4) is 0 Å². The average Bonchev–Trinajstić information content (AvgIpc) is 2.07. The van der Waals surface area contributed by atoms with Crippen LogP contribution in [0.15, 0.2) is 24.0 Å². The van der Waals surface area contributed by atoms with Gasteiger partial charge in [-0.3, -0.25) is 0 Å². The summed E-state index contributed by atoms with van der Waals surface area (Å²) in [5.41, 5.74) is 2.49. The summed E-state index contributed by atoms with van der Waals surface area (Å²) in [5.74, 6) is 0.659. The van der Waals surface area contributed by atoms with Crippen molar-refractivity contribution in [2.24, 2.45) is 5.92 Å². The molecule has 0 spiro atoms. The van der Waals surface area contributed by atoms with Gasteiger partial charge in [-0.2, -0.15) is 0 Å². The maximum Gasteiger partial charge on any atom is 0.0367 e. The van der Waals surface area contributed by atoms with E-state index in [1.54, 1.807) is 0 Å². The number of nitrogens with zero attached hydrogens (tertiary/aromatic N) is 1. The van der Waals surface area contributed by atoms with Gasteiger partial charge in [0.2, 0.25) is 0 Å². The molecule has 0 aromatic carbocycles. The second-order valence-electron chi connectivity index (χ2n) is 3.51. The molecule has 2 unspecified atom stereocenters. The van der Waals surface area contributed by atoms with E-state index in [4.69, 9.17) is 0 Å². The fourth-order valence-corrected chi connectivity index (χ4v) is 1.81. The number of allylic oxidation sites excluding steroid dienone is 2. The minimum absolute atomic E-state index is 0.590. The Labute approximate surface area is 69.4 Å². The highest BCUT2D eigenvalue weighted by Gasteiger charge is 2.25. The average molecular weight is 151 g/mol. The minimum Gasteiger partial charge on any atom is -0.347 e. The molecule has 1 nitrogen and oxygen atoms in total. The predicted octanol–water partition coefficient (Wildman–Crippen LogP) is 2.76. The Balaban J connectivity index is 2.83. The first kappa shape index (κ1) is 8.38. The molecule has 0 bridgehead atoms. The fraction of sp³-hybridized carbons (Fsp3) is 0.600. The summed E-state index contributed by atoms with van der Waals surface area (Å²) in [5, 5.41) is 0. The highest BCUT2D eigenvalue weighted by molar-refractivity contribution is 5.17. The molecule has 62 valence electrons. The highest BCUT2D eigenvalue weighted by atomic mass is 15.2. The van der Waals surface area contributed by atoms with E-state index in [-0.39, 0.29) is 0 Å². The molecule has 11 heavy (non-hydrogen) atoms. The van der Waals surface area contributed by atoms with E-state index in [0.717, 1.165) is 5.70 Å². The van der Waals surface area contributed by atoms with Gasteiger partial charge in [0.05, 0.1) is 0 Å². The van der Waals surface area contributed by atoms with Crippen molar-refractivity contribution in [3.63, 3.8) is 0 Å². The monoisotopic (exact) mass is 151 g/mol. The van der Waals surface area contributed by atoms with Gasteiger partial charge in [-0.15, -0.1) is 0 Å². The molecule has 1 heteroatoms. The maximum atomic E-state index is 3.96. The van der Waals surface area contributed by atoms with Crippen molar-refractivity contribution in [3.8, 4) is 0 Å². The second kappa shape index (κ2) is 2.72. The summed E-state index contributed by atoms with van der Waals surface area (Å²) in [6.45, 7) is 12.7. The van der Waals surface area contributed by atoms with E-state index in [1.165, 1.54) is 5.70 Å². The van der Waals surface area contributed by atoms with Crippen LogP contribution < -0.4 is 0 Å². The fourth-order valence-electron chi connectivity index (χ4n) is 1.81. The van der Waals surface area contributed by atoms with Gasteiger partial charge >= 0.3 is 0 Å². The smallest absolute Gasteiger partial charge is 0.0367 e. The van der Waals surface area contributed by atoms with E-state index in [9.17, 15) is 0 Å². The van der Waals surface area contributed by atoms with Crippen LogP contribution >= 0.6 is 0 Å². The van der Waals surface area contributed by atoms with Gasteiger partial charge < -0.3 is 4.90 Å². The molecular formula is C10H17N. The summed E-state index contributed by atoms with van der Waals surface area (Å²) in [7, 11) is 0. The zero-order valence-electron chi connectivity index (χ0n) is 7.89. The lowest BCUT2D eigenvalue weighted by atomic mass is 10.1. The van der Waals surface area contributed by atoms with E-state index < -0.39 is 0 Å². The van der Waals surface area contributed by atoms with Gasteiger partial charge in [-0.05, 0) is 26.7 Å². The molecule has 1 heterocycles. The Hall–Kier alpha value is -0.720. The van der Waals surface area contributed by atoms with Gasteiger partial charge in [0, 0.05) is 17.4 Å². The molecule has 0 aromatic rings. The van der Waals surface area contributed by atoms with Crippen molar-refractivity contribution in [2.75, 3.05) is 0 Å². The Morgan fingerprint density at radius 1 is 1.55 bits per heavy atom. The molecule has 0 amide bonds. The molecule has 1 rings (SSSR count). The van der Waals surface area contributed by atoms with E-state index in [1.807, 2.05) is 0 Å². The van der Waals surface area contributed by atoms with Crippen LogP contribution in [0, 0.1) is 5.92 Å². The van der Waals surface area contributed by atoms with Crippen molar-refractivity contribution < 1.29 is 0 Å². The van der Waals surface area contributed by atoms with Crippen LogP contribution in [0.25, 0.3) is 0 Å². The van der Waals surface area contributed by atoms with Crippen molar-refractivity contribution >= 4 is 0 Å². The Kier molecular flexibility index (Phi) is 2.08. The number of hydrogen-bond donors (Lipinski definition) is 0. The van der Waals surface area contributed by atoms with Gasteiger partial charge in [0.15, 0.2) is 0 Å². The van der Waals surface area contributed by atoms with Crippen molar-refractivity contribution in [2.45, 2.75) is 33.7 Å². The van der Waals surface area contributed by atoms with Crippen LogP contribution in [0.5, 0.6) is 0 Å². The van der Waals surface area contributed by atoms with Crippen LogP contribution in [0.4, 0.5) is 0 Å². The molecule has 0 fully saturated rings. The van der Waals surface area contributed by atoms with Gasteiger partial charge in [-0.1, -0.05) is 19.6 Å². The van der Waals surface area contributed by atoms with Gasteiger partial charge in [0.1, 0.15) is 0 Å². The molecule has 1 aliphatic heterocycles. The summed E-state index contributed by atoms with van der Waals surface area (Å²) >= 11 is 0. The summed E-state index contributed by atoms with van der Waals surface area (Å²) < 4.78 is 0. The Bertz CT molecular complexity index is 203. The second-order valence-corrected chi connectivity index (χ2v) is 3.51. The molecule has 0 aromatic heterocycles. The molecule has 2 atom stereocenters. The molecular weight excluding hydrogens is 134 g/mol. The Morgan fingerprint density at radius 2 is 2.09 bits per heavy atom.